The fraction of sp³-hybridized carbons (Fsp3) is 0.100. The number of benzene rings is 2. The Kier molecular flexibility index (Phi) is 5.89. The predicted molar refractivity (Wildman–Crippen MR) is 115 cm³/mol. The second-order valence-electron chi connectivity index (χ2n) is 6.21. The van der Waals surface area contributed by atoms with E-state index in [1.54, 1.807) is 37.4 Å². The van der Waals surface area contributed by atoms with E-state index in [1.165, 1.54) is 12.1 Å². The van der Waals surface area contributed by atoms with Gasteiger partial charge in [0.2, 0.25) is 0 Å². The third-order valence-electron chi connectivity index (χ3n) is 4.05. The number of hydrogen-bond donors (Lipinski definition) is 3. The maximum atomic E-state index is 12.2. The Morgan fingerprint density at radius 3 is 2.59 bits per heavy atom. The number of hydrogen-bond acceptors (Lipinski definition) is 6. The van der Waals surface area contributed by atoms with E-state index in [-0.39, 0.29) is 17.2 Å². The van der Waals surface area contributed by atoms with Crippen LogP contribution >= 0.6 is 11.3 Å². The molecule has 0 spiro atoms. The summed E-state index contributed by atoms with van der Waals surface area (Å²) in [5, 5.41) is 16.7. The highest BCUT2D eigenvalue weighted by Crippen LogP contribution is 2.25. The standard InChI is InChI=1S/C20H18N4O4S/c1-12-3-6-14(7-4-12)22-18(25)11-19-23-20(26)17(29-19)10-13-5-8-15(21-2)16(9-13)24(27)28/h3-11,21H,1-2H3,(H,22,25)(H,23,26)/b17-10-,19-11-. The minimum Gasteiger partial charge on any atom is -0.383 e. The number of anilines is 2. The van der Waals surface area contributed by atoms with Gasteiger partial charge in [0.25, 0.3) is 17.2 Å². The van der Waals surface area contributed by atoms with Crippen LogP contribution in [0.1, 0.15) is 11.1 Å². The van der Waals surface area contributed by atoms with E-state index in [1.807, 2.05) is 19.1 Å². The van der Waals surface area contributed by atoms with Crippen molar-refractivity contribution < 1.29 is 9.72 Å². The van der Waals surface area contributed by atoms with Crippen LogP contribution in [0.2, 0.25) is 0 Å². The van der Waals surface area contributed by atoms with Gasteiger partial charge in [0.05, 0.1) is 9.46 Å². The van der Waals surface area contributed by atoms with Crippen LogP contribution in [-0.2, 0) is 4.79 Å². The van der Waals surface area contributed by atoms with E-state index in [4.69, 9.17) is 0 Å². The van der Waals surface area contributed by atoms with Crippen molar-refractivity contribution in [2.45, 2.75) is 6.92 Å². The van der Waals surface area contributed by atoms with Crippen LogP contribution in [-0.4, -0.2) is 22.9 Å². The molecule has 8 nitrogen and oxygen atoms in total. The molecule has 0 saturated heterocycles. The lowest BCUT2D eigenvalue weighted by Crippen LogP contribution is -2.20. The summed E-state index contributed by atoms with van der Waals surface area (Å²) in [5.74, 6) is -0.369. The number of aromatic amines is 1. The minimum atomic E-state index is -0.490. The molecule has 0 fully saturated rings. The fourth-order valence-electron chi connectivity index (χ4n) is 2.61. The zero-order valence-corrected chi connectivity index (χ0v) is 16.5. The molecule has 0 saturated carbocycles. The van der Waals surface area contributed by atoms with Crippen LogP contribution in [0.15, 0.2) is 47.3 Å². The maximum Gasteiger partial charge on any atom is 0.292 e. The molecule has 0 unspecified atom stereocenters. The van der Waals surface area contributed by atoms with Crippen molar-refractivity contribution in [3.63, 3.8) is 0 Å². The first-order valence-electron chi connectivity index (χ1n) is 8.62. The molecule has 3 aromatic rings. The largest absolute Gasteiger partial charge is 0.383 e. The van der Waals surface area contributed by atoms with E-state index >= 15 is 0 Å². The average molecular weight is 410 g/mol. The third-order valence-corrected chi connectivity index (χ3v) is 5.01. The minimum absolute atomic E-state index is 0.0847. The van der Waals surface area contributed by atoms with Crippen molar-refractivity contribution in [3.8, 4) is 0 Å². The molecular formula is C20H18N4O4S. The highest BCUT2D eigenvalue weighted by molar-refractivity contribution is 7.07. The molecule has 0 aliphatic heterocycles. The summed E-state index contributed by atoms with van der Waals surface area (Å²) in [6.07, 6.45) is 2.85. The molecule has 1 heterocycles. The zero-order chi connectivity index (χ0) is 21.0. The summed E-state index contributed by atoms with van der Waals surface area (Å²) in [6.45, 7) is 1.95. The molecule has 0 atom stereocenters. The number of carbonyl (C=O) groups excluding carboxylic acids is 1. The number of carbonyl (C=O) groups is 1. The predicted octanol–water partition coefficient (Wildman–Crippen LogP) is 1.94. The van der Waals surface area contributed by atoms with Gasteiger partial charge in [-0.1, -0.05) is 23.8 Å². The van der Waals surface area contributed by atoms with Crippen molar-refractivity contribution in [1.82, 2.24) is 4.98 Å². The molecule has 2 aromatic carbocycles. The Morgan fingerprint density at radius 2 is 1.93 bits per heavy atom. The normalized spacial score (nSPS) is 12.1. The van der Waals surface area contributed by atoms with Crippen LogP contribution in [0.4, 0.5) is 17.1 Å². The second kappa shape index (κ2) is 8.53. The lowest BCUT2D eigenvalue weighted by Gasteiger charge is -2.02. The Balaban J connectivity index is 1.90. The number of nitrogens with one attached hydrogen (secondary N) is 3. The topological polar surface area (TPSA) is 117 Å². The van der Waals surface area contributed by atoms with Crippen LogP contribution in [0.3, 0.4) is 0 Å². The van der Waals surface area contributed by atoms with Crippen LogP contribution in [0, 0.1) is 17.0 Å². The van der Waals surface area contributed by atoms with E-state index in [2.05, 4.69) is 15.6 Å². The molecule has 3 N–H and O–H groups in total. The molecule has 3 rings (SSSR count). The number of thiazole rings is 1. The molecule has 1 aromatic heterocycles. The van der Waals surface area contributed by atoms with Crippen molar-refractivity contribution in [3.05, 3.63) is 83.3 Å². The Morgan fingerprint density at radius 1 is 1.21 bits per heavy atom. The number of rotatable bonds is 5. The SMILES string of the molecule is CNc1ccc(/C=c2\s/c(=C\C(=O)Nc3ccc(C)cc3)[nH]c2=O)cc1[N+](=O)[O-]. The van der Waals surface area contributed by atoms with Crippen molar-refractivity contribution >= 4 is 46.5 Å². The van der Waals surface area contributed by atoms with Gasteiger partial charge in [-0.3, -0.25) is 19.7 Å². The van der Waals surface area contributed by atoms with Gasteiger partial charge in [0.1, 0.15) is 10.4 Å². The van der Waals surface area contributed by atoms with Crippen LogP contribution in [0.5, 0.6) is 0 Å². The van der Waals surface area contributed by atoms with Gasteiger partial charge in [0, 0.05) is 24.9 Å². The molecule has 0 aliphatic carbocycles. The number of aryl methyl sites for hydroxylation is 1. The molecule has 0 aliphatic rings. The Hall–Kier alpha value is -3.72. The number of aromatic nitrogens is 1. The summed E-state index contributed by atoms with van der Waals surface area (Å²) >= 11 is 1.09. The summed E-state index contributed by atoms with van der Waals surface area (Å²) in [6, 6.07) is 12.0. The van der Waals surface area contributed by atoms with E-state index in [0.717, 1.165) is 16.9 Å². The average Bonchev–Trinajstić information content (AvgIpc) is 3.02. The van der Waals surface area contributed by atoms with Crippen LogP contribution in [0.25, 0.3) is 12.2 Å². The zero-order valence-electron chi connectivity index (χ0n) is 15.7. The third kappa shape index (κ3) is 4.96. The van der Waals surface area contributed by atoms with E-state index in [0.29, 0.717) is 26.1 Å². The first-order chi connectivity index (χ1) is 13.9. The van der Waals surface area contributed by atoms with Crippen molar-refractivity contribution in [2.24, 2.45) is 0 Å². The molecule has 9 heteroatoms. The monoisotopic (exact) mass is 410 g/mol. The highest BCUT2D eigenvalue weighted by atomic mass is 32.1. The van der Waals surface area contributed by atoms with E-state index < -0.39 is 4.92 Å². The van der Waals surface area contributed by atoms with Gasteiger partial charge in [-0.25, -0.2) is 0 Å². The number of nitrogens with zero attached hydrogens (tertiary/aromatic N) is 1. The van der Waals surface area contributed by atoms with Gasteiger partial charge in [-0.05, 0) is 36.8 Å². The summed E-state index contributed by atoms with van der Waals surface area (Å²) < 4.78 is 0.720. The molecule has 0 radical (unpaired) electrons. The highest BCUT2D eigenvalue weighted by Gasteiger charge is 2.12. The Bertz CT molecular complexity index is 1240. The number of nitro groups is 1. The second-order valence-corrected chi connectivity index (χ2v) is 7.30. The van der Waals surface area contributed by atoms with Crippen molar-refractivity contribution in [1.29, 1.82) is 0 Å². The van der Waals surface area contributed by atoms with Gasteiger partial charge >= 0.3 is 0 Å². The van der Waals surface area contributed by atoms with E-state index in [9.17, 15) is 19.7 Å². The Labute approximate surface area is 169 Å². The molecule has 0 bridgehead atoms. The van der Waals surface area contributed by atoms with Crippen molar-refractivity contribution in [2.75, 3.05) is 17.7 Å². The van der Waals surface area contributed by atoms with Crippen LogP contribution < -0.4 is 25.4 Å². The number of H-pyrrole nitrogens is 1. The molecule has 29 heavy (non-hydrogen) atoms. The molecule has 1 amide bonds. The first-order valence-corrected chi connectivity index (χ1v) is 9.44. The van der Waals surface area contributed by atoms with Gasteiger partial charge < -0.3 is 15.6 Å². The number of amides is 1. The maximum absolute atomic E-state index is 12.2. The summed E-state index contributed by atoms with van der Waals surface area (Å²) in [4.78, 5) is 37.7. The summed E-state index contributed by atoms with van der Waals surface area (Å²) in [5.41, 5.74) is 2.17. The smallest absolute Gasteiger partial charge is 0.292 e. The van der Waals surface area contributed by atoms with Gasteiger partial charge in [-0.2, -0.15) is 0 Å². The lowest BCUT2D eigenvalue weighted by molar-refractivity contribution is -0.384. The molecule has 148 valence electrons. The molecular weight excluding hydrogens is 392 g/mol. The quantitative estimate of drug-likeness (QED) is 0.439. The van der Waals surface area contributed by atoms with Gasteiger partial charge in [0.15, 0.2) is 0 Å². The number of nitro benzene ring substituents is 1. The fourth-order valence-corrected chi connectivity index (χ4v) is 3.50. The first kappa shape index (κ1) is 20.0. The summed E-state index contributed by atoms with van der Waals surface area (Å²) in [7, 11) is 1.60. The lowest BCUT2D eigenvalue weighted by atomic mass is 10.1. The van der Waals surface area contributed by atoms with Gasteiger partial charge in [-0.15, -0.1) is 11.3 Å².